The maximum atomic E-state index is 12.0. The fourth-order valence-electron chi connectivity index (χ4n) is 1.84. The van der Waals surface area contributed by atoms with E-state index >= 15 is 0 Å². The molecule has 17 heavy (non-hydrogen) atoms. The minimum atomic E-state index is -0.185. The van der Waals surface area contributed by atoms with Crippen molar-refractivity contribution in [1.82, 2.24) is 9.88 Å². The lowest BCUT2D eigenvalue weighted by molar-refractivity contribution is -0.125. The Hall–Kier alpha value is -2.15. The van der Waals surface area contributed by atoms with Gasteiger partial charge >= 0.3 is 0 Å². The summed E-state index contributed by atoms with van der Waals surface area (Å²) in [7, 11) is 0. The van der Waals surface area contributed by atoms with Crippen LogP contribution in [-0.2, 0) is 4.79 Å². The van der Waals surface area contributed by atoms with Crippen LogP contribution in [0.5, 0.6) is 0 Å². The second-order valence-electron chi connectivity index (χ2n) is 3.92. The molecule has 1 fully saturated rings. The summed E-state index contributed by atoms with van der Waals surface area (Å²) in [6.07, 6.45) is 5.23. The highest BCUT2D eigenvalue weighted by atomic mass is 16.2. The topological polar surface area (TPSA) is 57.0 Å². The molecule has 0 saturated carbocycles. The maximum absolute atomic E-state index is 12.0. The van der Waals surface area contributed by atoms with E-state index in [1.807, 2.05) is 12.1 Å². The minimum Gasteiger partial charge on any atom is -0.338 e. The molecule has 86 valence electrons. The fraction of sp³-hybridized carbons (Fsp3) is 0.308. The first-order valence-electron chi connectivity index (χ1n) is 5.63. The predicted molar refractivity (Wildman–Crippen MR) is 63.6 cm³/mol. The summed E-state index contributed by atoms with van der Waals surface area (Å²) in [6, 6.07) is 7.35. The molecule has 0 aromatic carbocycles. The van der Waals surface area contributed by atoms with E-state index in [0.717, 1.165) is 25.9 Å². The van der Waals surface area contributed by atoms with Gasteiger partial charge in [0.05, 0.1) is 5.69 Å². The number of pyridine rings is 1. The Kier molecular flexibility index (Phi) is 3.51. The number of nitriles is 1. The van der Waals surface area contributed by atoms with Crippen molar-refractivity contribution in [2.45, 2.75) is 12.8 Å². The molecule has 0 atom stereocenters. The molecule has 1 aliphatic rings. The van der Waals surface area contributed by atoms with Gasteiger partial charge < -0.3 is 4.90 Å². The molecule has 1 aromatic heterocycles. The van der Waals surface area contributed by atoms with Gasteiger partial charge in [0.15, 0.2) is 0 Å². The molecule has 0 spiro atoms. The van der Waals surface area contributed by atoms with Gasteiger partial charge in [0.25, 0.3) is 5.91 Å². The van der Waals surface area contributed by atoms with Crippen molar-refractivity contribution in [2.75, 3.05) is 13.1 Å². The molecule has 0 unspecified atom stereocenters. The van der Waals surface area contributed by atoms with Crippen LogP contribution in [-0.4, -0.2) is 28.9 Å². The van der Waals surface area contributed by atoms with Crippen molar-refractivity contribution in [3.8, 4) is 6.07 Å². The van der Waals surface area contributed by atoms with E-state index in [2.05, 4.69) is 4.98 Å². The molecule has 4 nitrogen and oxygen atoms in total. The Morgan fingerprint density at radius 2 is 2.18 bits per heavy atom. The van der Waals surface area contributed by atoms with Gasteiger partial charge in [-0.3, -0.25) is 9.78 Å². The van der Waals surface area contributed by atoms with Crippen molar-refractivity contribution in [2.24, 2.45) is 0 Å². The van der Waals surface area contributed by atoms with Gasteiger partial charge in [-0.2, -0.15) is 5.26 Å². The zero-order valence-corrected chi connectivity index (χ0v) is 9.47. The van der Waals surface area contributed by atoms with E-state index in [-0.39, 0.29) is 11.5 Å². The average Bonchev–Trinajstić information content (AvgIpc) is 2.90. The molecule has 1 aromatic rings. The molecule has 0 radical (unpaired) electrons. The fourth-order valence-corrected chi connectivity index (χ4v) is 1.84. The number of hydrogen-bond acceptors (Lipinski definition) is 3. The number of amides is 1. The molecule has 1 amide bonds. The summed E-state index contributed by atoms with van der Waals surface area (Å²) in [5.74, 6) is -0.185. The van der Waals surface area contributed by atoms with Crippen molar-refractivity contribution >= 4 is 12.0 Å². The van der Waals surface area contributed by atoms with Gasteiger partial charge in [-0.15, -0.1) is 0 Å². The monoisotopic (exact) mass is 227 g/mol. The SMILES string of the molecule is N#C/C(=C\c1ccccn1)C(=O)N1CCCC1. The van der Waals surface area contributed by atoms with E-state index in [1.54, 1.807) is 29.3 Å². The summed E-state index contributed by atoms with van der Waals surface area (Å²) in [5, 5.41) is 9.02. The highest BCUT2D eigenvalue weighted by Gasteiger charge is 2.21. The third kappa shape index (κ3) is 2.70. The largest absolute Gasteiger partial charge is 0.338 e. The molecule has 1 aliphatic heterocycles. The van der Waals surface area contributed by atoms with Crippen LogP contribution in [0.2, 0.25) is 0 Å². The standard InChI is InChI=1S/C13H13N3O/c14-10-11(9-12-5-1-2-6-15-12)13(17)16-7-3-4-8-16/h1-2,5-6,9H,3-4,7-8H2/b11-9+. The predicted octanol–water partition coefficient (Wildman–Crippen LogP) is 1.61. The molecular formula is C13H13N3O. The number of carbonyl (C=O) groups is 1. The second kappa shape index (κ2) is 5.26. The lowest BCUT2D eigenvalue weighted by atomic mass is 10.2. The zero-order valence-electron chi connectivity index (χ0n) is 9.47. The van der Waals surface area contributed by atoms with E-state index in [4.69, 9.17) is 5.26 Å². The van der Waals surface area contributed by atoms with Crippen molar-refractivity contribution < 1.29 is 4.79 Å². The van der Waals surface area contributed by atoms with Crippen LogP contribution >= 0.6 is 0 Å². The van der Waals surface area contributed by atoms with E-state index in [1.165, 1.54) is 0 Å². The van der Waals surface area contributed by atoms with Crippen LogP contribution in [0, 0.1) is 11.3 Å². The Balaban J connectivity index is 2.19. The van der Waals surface area contributed by atoms with Gasteiger partial charge in [-0.1, -0.05) is 6.07 Å². The first-order valence-corrected chi connectivity index (χ1v) is 5.63. The number of rotatable bonds is 2. The van der Waals surface area contributed by atoms with Crippen LogP contribution in [0.4, 0.5) is 0 Å². The summed E-state index contributed by atoms with van der Waals surface area (Å²) in [4.78, 5) is 17.8. The van der Waals surface area contributed by atoms with E-state index in [9.17, 15) is 4.79 Å². The van der Waals surface area contributed by atoms with Crippen LogP contribution < -0.4 is 0 Å². The first kappa shape index (κ1) is 11.3. The van der Waals surface area contributed by atoms with Gasteiger partial charge in [0, 0.05) is 19.3 Å². The van der Waals surface area contributed by atoms with Gasteiger partial charge in [0.1, 0.15) is 11.6 Å². The number of hydrogen-bond donors (Lipinski definition) is 0. The second-order valence-corrected chi connectivity index (χ2v) is 3.92. The van der Waals surface area contributed by atoms with Crippen LogP contribution in [0.3, 0.4) is 0 Å². The van der Waals surface area contributed by atoms with Crippen LogP contribution in [0.25, 0.3) is 6.08 Å². The lowest BCUT2D eigenvalue weighted by Gasteiger charge is -2.13. The minimum absolute atomic E-state index is 0.158. The number of aromatic nitrogens is 1. The highest BCUT2D eigenvalue weighted by molar-refractivity contribution is 6.01. The van der Waals surface area contributed by atoms with E-state index in [0.29, 0.717) is 5.69 Å². The zero-order chi connectivity index (χ0) is 12.1. The van der Waals surface area contributed by atoms with Gasteiger partial charge in [-0.05, 0) is 31.1 Å². The summed E-state index contributed by atoms with van der Waals surface area (Å²) in [5.41, 5.74) is 0.794. The molecule has 1 saturated heterocycles. The van der Waals surface area contributed by atoms with Crippen molar-refractivity contribution in [1.29, 1.82) is 5.26 Å². The Morgan fingerprint density at radius 3 is 2.76 bits per heavy atom. The third-order valence-corrected chi connectivity index (χ3v) is 2.72. The smallest absolute Gasteiger partial charge is 0.264 e. The molecule has 4 heteroatoms. The number of carbonyl (C=O) groups excluding carboxylic acids is 1. The normalized spacial score (nSPS) is 15.7. The quantitative estimate of drug-likeness (QED) is 0.569. The first-order chi connectivity index (χ1) is 8.31. The average molecular weight is 227 g/mol. The maximum Gasteiger partial charge on any atom is 0.264 e. The molecule has 2 rings (SSSR count). The number of likely N-dealkylation sites (tertiary alicyclic amines) is 1. The molecule has 0 N–H and O–H groups in total. The van der Waals surface area contributed by atoms with Crippen LogP contribution in [0.1, 0.15) is 18.5 Å². The Labute approximate surface area is 100 Å². The van der Waals surface area contributed by atoms with Gasteiger partial charge in [0.2, 0.25) is 0 Å². The molecule has 0 bridgehead atoms. The highest BCUT2D eigenvalue weighted by Crippen LogP contribution is 2.13. The lowest BCUT2D eigenvalue weighted by Crippen LogP contribution is -2.28. The number of nitrogens with zero attached hydrogens (tertiary/aromatic N) is 3. The molecule has 0 aliphatic carbocycles. The third-order valence-electron chi connectivity index (χ3n) is 2.72. The summed E-state index contributed by atoms with van der Waals surface area (Å²) in [6.45, 7) is 1.50. The Bertz CT molecular complexity index is 467. The molecular weight excluding hydrogens is 214 g/mol. The van der Waals surface area contributed by atoms with Crippen molar-refractivity contribution in [3.05, 3.63) is 35.7 Å². The summed E-state index contributed by atoms with van der Waals surface area (Å²) < 4.78 is 0. The summed E-state index contributed by atoms with van der Waals surface area (Å²) >= 11 is 0. The van der Waals surface area contributed by atoms with Gasteiger partial charge in [-0.25, -0.2) is 0 Å². The van der Waals surface area contributed by atoms with Crippen LogP contribution in [0.15, 0.2) is 30.0 Å². The Morgan fingerprint density at radius 1 is 1.41 bits per heavy atom. The van der Waals surface area contributed by atoms with E-state index < -0.39 is 0 Å². The molecule has 2 heterocycles. The van der Waals surface area contributed by atoms with Crippen molar-refractivity contribution in [3.63, 3.8) is 0 Å².